The summed E-state index contributed by atoms with van der Waals surface area (Å²) in [5, 5.41) is 7.82. The highest BCUT2D eigenvalue weighted by Crippen LogP contribution is 2.24. The molecule has 0 amide bonds. The van der Waals surface area contributed by atoms with E-state index in [2.05, 4.69) is 4.74 Å². The molecule has 0 spiro atoms. The molecule has 1 aliphatic rings. The summed E-state index contributed by atoms with van der Waals surface area (Å²) >= 11 is 0.642. The summed E-state index contributed by atoms with van der Waals surface area (Å²) in [6.07, 6.45) is 4.80. The maximum atomic E-state index is 11.6. The second kappa shape index (κ2) is 8.80. The zero-order valence-corrected chi connectivity index (χ0v) is 11.9. The molecule has 1 saturated carbocycles. The summed E-state index contributed by atoms with van der Waals surface area (Å²) in [6, 6.07) is -1.13. The van der Waals surface area contributed by atoms with E-state index in [1.54, 1.807) is 0 Å². The van der Waals surface area contributed by atoms with Gasteiger partial charge in [0.2, 0.25) is 6.79 Å². The van der Waals surface area contributed by atoms with Crippen molar-refractivity contribution >= 4 is 29.0 Å². The Morgan fingerprint density at radius 3 is 2.45 bits per heavy atom. The molecule has 7 nitrogen and oxygen atoms in total. The van der Waals surface area contributed by atoms with E-state index in [0.717, 1.165) is 32.1 Å². The topological polar surface area (TPSA) is 116 Å². The molecule has 0 aromatic carbocycles. The molecular weight excluding hydrogens is 286 g/mol. The molecule has 3 N–H and O–H groups in total. The largest absolute Gasteiger partial charge is 0.480 e. The van der Waals surface area contributed by atoms with E-state index in [0.29, 0.717) is 11.8 Å². The maximum Gasteiger partial charge on any atom is 0.370 e. The highest BCUT2D eigenvalue weighted by atomic mass is 32.2. The molecule has 20 heavy (non-hydrogen) atoms. The summed E-state index contributed by atoms with van der Waals surface area (Å²) in [5.41, 5.74) is 5.23. The molecule has 0 saturated heterocycles. The van der Waals surface area contributed by atoms with Crippen LogP contribution in [0.1, 0.15) is 32.1 Å². The van der Waals surface area contributed by atoms with E-state index in [1.807, 2.05) is 0 Å². The number of esters is 1. The van der Waals surface area contributed by atoms with Crippen molar-refractivity contribution in [2.24, 2.45) is 11.7 Å². The first kappa shape index (κ1) is 16.8. The van der Waals surface area contributed by atoms with Crippen molar-refractivity contribution in [1.29, 1.82) is 0 Å². The van der Waals surface area contributed by atoms with Gasteiger partial charge in [0.1, 0.15) is 6.04 Å². The van der Waals surface area contributed by atoms with Crippen LogP contribution >= 0.6 is 11.8 Å². The van der Waals surface area contributed by atoms with Gasteiger partial charge in [0, 0.05) is 5.75 Å². The van der Waals surface area contributed by atoms with E-state index in [-0.39, 0.29) is 17.6 Å². The maximum absolute atomic E-state index is 11.6. The molecule has 1 aliphatic carbocycles. The average Bonchev–Trinajstić information content (AvgIpc) is 2.45. The van der Waals surface area contributed by atoms with Crippen molar-refractivity contribution in [3.8, 4) is 0 Å². The third kappa shape index (κ3) is 6.25. The molecule has 1 unspecified atom stereocenters. The molecule has 8 heteroatoms. The number of carbonyl (C=O) groups is 3. The van der Waals surface area contributed by atoms with Crippen LogP contribution in [0.5, 0.6) is 0 Å². The summed E-state index contributed by atoms with van der Waals surface area (Å²) in [5.74, 6) is -1.72. The van der Waals surface area contributed by atoms with Gasteiger partial charge in [0.15, 0.2) is 0 Å². The first-order valence-electron chi connectivity index (χ1n) is 6.45. The van der Waals surface area contributed by atoms with Crippen LogP contribution in [0.3, 0.4) is 0 Å². The Kier molecular flexibility index (Phi) is 7.38. The fraction of sp³-hybridized carbons (Fsp3) is 0.750. The fourth-order valence-electron chi connectivity index (χ4n) is 1.86. The van der Waals surface area contributed by atoms with Gasteiger partial charge in [-0.1, -0.05) is 19.3 Å². The Balaban J connectivity index is 2.12. The molecule has 0 aromatic rings. The zero-order chi connectivity index (χ0) is 15.0. The highest BCUT2D eigenvalue weighted by Gasteiger charge is 2.22. The number of hydrogen-bond donors (Lipinski definition) is 2. The van der Waals surface area contributed by atoms with Gasteiger partial charge in [-0.2, -0.15) is 0 Å². The van der Waals surface area contributed by atoms with E-state index in [9.17, 15) is 14.4 Å². The van der Waals surface area contributed by atoms with Crippen molar-refractivity contribution in [3.63, 3.8) is 0 Å². The van der Waals surface area contributed by atoms with Gasteiger partial charge in [0.05, 0.1) is 5.92 Å². The predicted molar refractivity (Wildman–Crippen MR) is 72.1 cm³/mol. The van der Waals surface area contributed by atoms with Gasteiger partial charge in [-0.3, -0.25) is 9.59 Å². The van der Waals surface area contributed by atoms with Crippen LogP contribution in [-0.2, 0) is 19.1 Å². The van der Waals surface area contributed by atoms with E-state index in [4.69, 9.17) is 15.6 Å². The molecule has 0 bridgehead atoms. The number of carboxylic acids is 1. The van der Waals surface area contributed by atoms with Gasteiger partial charge < -0.3 is 20.3 Å². The highest BCUT2D eigenvalue weighted by molar-refractivity contribution is 8.13. The van der Waals surface area contributed by atoms with Crippen LogP contribution in [0.2, 0.25) is 0 Å². The molecular formula is C12H19NO6S. The molecule has 0 heterocycles. The van der Waals surface area contributed by atoms with Crippen LogP contribution in [0.15, 0.2) is 0 Å². The molecule has 0 aromatic heterocycles. The smallest absolute Gasteiger partial charge is 0.370 e. The first-order chi connectivity index (χ1) is 9.50. The number of hydrogen-bond acceptors (Lipinski definition) is 7. The van der Waals surface area contributed by atoms with Crippen LogP contribution < -0.4 is 5.73 Å². The number of aliphatic carboxylic acids is 1. The summed E-state index contributed by atoms with van der Waals surface area (Å²) in [4.78, 5) is 33.3. The number of thioether (sulfide) groups is 1. The lowest BCUT2D eigenvalue weighted by Crippen LogP contribution is -2.33. The van der Waals surface area contributed by atoms with Gasteiger partial charge >= 0.3 is 17.2 Å². The molecule has 1 atom stereocenters. The SMILES string of the molecule is NC(CSC(=O)OCOC(=O)C1CCCCC1)C(=O)O. The van der Waals surface area contributed by atoms with Crippen LogP contribution in [0.25, 0.3) is 0 Å². The van der Waals surface area contributed by atoms with E-state index < -0.39 is 24.1 Å². The summed E-state index contributed by atoms with van der Waals surface area (Å²) in [6.45, 7) is -0.441. The van der Waals surface area contributed by atoms with Gasteiger partial charge in [0.25, 0.3) is 0 Å². The number of rotatable bonds is 6. The Labute approximate surface area is 121 Å². The normalized spacial score (nSPS) is 17.2. The Bertz CT molecular complexity index is 356. The minimum atomic E-state index is -1.19. The third-order valence-corrected chi connectivity index (χ3v) is 3.89. The van der Waals surface area contributed by atoms with E-state index >= 15 is 0 Å². The monoisotopic (exact) mass is 305 g/mol. The second-order valence-corrected chi connectivity index (χ2v) is 5.52. The fourth-order valence-corrected chi connectivity index (χ4v) is 2.45. The van der Waals surface area contributed by atoms with Crippen molar-refractivity contribution < 1.29 is 29.0 Å². The number of carbonyl (C=O) groups excluding carboxylic acids is 2. The Morgan fingerprint density at radius 1 is 1.20 bits per heavy atom. The van der Waals surface area contributed by atoms with Crippen molar-refractivity contribution in [3.05, 3.63) is 0 Å². The summed E-state index contributed by atoms with van der Waals surface area (Å²) in [7, 11) is 0. The second-order valence-electron chi connectivity index (χ2n) is 4.57. The minimum absolute atomic E-state index is 0.0925. The van der Waals surface area contributed by atoms with Crippen molar-refractivity contribution in [2.45, 2.75) is 38.1 Å². The molecule has 114 valence electrons. The standard InChI is InChI=1S/C12H19NO6S/c13-9(10(14)15)6-20-12(17)19-7-18-11(16)8-4-2-1-3-5-8/h8-9H,1-7,13H2,(H,14,15). The zero-order valence-electron chi connectivity index (χ0n) is 11.1. The number of ether oxygens (including phenoxy) is 2. The Hall–Kier alpha value is -1.28. The Morgan fingerprint density at radius 2 is 1.85 bits per heavy atom. The van der Waals surface area contributed by atoms with Gasteiger partial charge in [-0.15, -0.1) is 0 Å². The molecule has 0 radical (unpaired) electrons. The molecule has 1 fully saturated rings. The lowest BCUT2D eigenvalue weighted by atomic mass is 9.89. The van der Waals surface area contributed by atoms with Crippen molar-refractivity contribution in [2.75, 3.05) is 12.5 Å². The minimum Gasteiger partial charge on any atom is -0.480 e. The predicted octanol–water partition coefficient (Wildman–Crippen LogP) is 1.35. The van der Waals surface area contributed by atoms with Crippen LogP contribution in [0.4, 0.5) is 4.79 Å². The number of nitrogens with two attached hydrogens (primary N) is 1. The van der Waals surface area contributed by atoms with Gasteiger partial charge in [-0.05, 0) is 24.6 Å². The van der Waals surface area contributed by atoms with Crippen LogP contribution in [-0.4, -0.2) is 40.9 Å². The average molecular weight is 305 g/mol. The van der Waals surface area contributed by atoms with Crippen LogP contribution in [0, 0.1) is 5.92 Å². The molecule has 0 aliphatic heterocycles. The lowest BCUT2D eigenvalue weighted by molar-refractivity contribution is -0.157. The van der Waals surface area contributed by atoms with Crippen molar-refractivity contribution in [1.82, 2.24) is 0 Å². The van der Waals surface area contributed by atoms with E-state index in [1.165, 1.54) is 0 Å². The number of carboxylic acid groups (broad SMARTS) is 1. The molecule has 1 rings (SSSR count). The lowest BCUT2D eigenvalue weighted by Gasteiger charge is -2.19. The quantitative estimate of drug-likeness (QED) is 0.558. The summed E-state index contributed by atoms with van der Waals surface area (Å²) < 4.78 is 9.53. The third-order valence-electron chi connectivity index (χ3n) is 3.01. The van der Waals surface area contributed by atoms with Gasteiger partial charge in [-0.25, -0.2) is 4.79 Å². The first-order valence-corrected chi connectivity index (χ1v) is 7.44.